The molecule has 2 aromatic carbocycles. The van der Waals surface area contributed by atoms with Crippen molar-refractivity contribution in [2.75, 3.05) is 37.7 Å². The van der Waals surface area contributed by atoms with E-state index in [-0.39, 0.29) is 11.9 Å². The van der Waals surface area contributed by atoms with Crippen molar-refractivity contribution >= 4 is 11.7 Å². The number of esters is 1. The van der Waals surface area contributed by atoms with Crippen LogP contribution < -0.4 is 15.0 Å². The van der Waals surface area contributed by atoms with E-state index in [1.54, 1.807) is 12.1 Å². The fraction of sp³-hybridized carbons (Fsp3) is 0.526. The minimum Gasteiger partial charge on any atom is -0.493 e. The van der Waals surface area contributed by atoms with Gasteiger partial charge in [-0.05, 0) is 115 Å². The Balaban J connectivity index is 1.52. The topological polar surface area (TPSA) is 72.9 Å². The molecule has 1 spiro atoms. The van der Waals surface area contributed by atoms with Crippen LogP contribution in [0.15, 0.2) is 48.5 Å². The van der Waals surface area contributed by atoms with E-state index in [0.29, 0.717) is 18.4 Å². The molecule has 1 atom stereocenters. The highest BCUT2D eigenvalue weighted by atomic mass is 19.1. The average Bonchev–Trinajstić information content (AvgIpc) is 3.45. The molecule has 7 nitrogen and oxygen atoms in total. The Bertz CT molecular complexity index is 1480. The van der Waals surface area contributed by atoms with Gasteiger partial charge in [0.25, 0.3) is 0 Å². The lowest BCUT2D eigenvalue weighted by atomic mass is 9.77. The van der Waals surface area contributed by atoms with Gasteiger partial charge in [0.05, 0.1) is 24.0 Å². The quantitative estimate of drug-likeness (QED) is 0.232. The van der Waals surface area contributed by atoms with Crippen LogP contribution in [0.4, 0.5) is 10.1 Å². The maximum Gasteiger partial charge on any atom is 0.340 e. The molecular weight excluding hydrogens is 581 g/mol. The lowest BCUT2D eigenvalue weighted by molar-refractivity contribution is -0.171. The summed E-state index contributed by atoms with van der Waals surface area (Å²) in [6.07, 6.45) is 2.85. The van der Waals surface area contributed by atoms with E-state index in [0.717, 1.165) is 84.1 Å². The Morgan fingerprint density at radius 2 is 1.67 bits per heavy atom. The predicted molar refractivity (Wildman–Crippen MR) is 181 cm³/mol. The molecule has 0 saturated carbocycles. The third-order valence-corrected chi connectivity index (χ3v) is 9.07. The minimum absolute atomic E-state index is 0.239. The number of hydrogen-bond donors (Lipinski definition) is 1. The summed E-state index contributed by atoms with van der Waals surface area (Å²) in [5.41, 5.74) is 6.22. The number of carbonyl (C=O) groups is 1. The van der Waals surface area contributed by atoms with Gasteiger partial charge >= 0.3 is 5.97 Å². The van der Waals surface area contributed by atoms with E-state index in [2.05, 4.69) is 22.3 Å². The third kappa shape index (κ3) is 8.07. The van der Waals surface area contributed by atoms with Crippen LogP contribution in [0.3, 0.4) is 0 Å². The summed E-state index contributed by atoms with van der Waals surface area (Å²) in [6.45, 7) is 18.0. The standard InChI is InChI=1S/C38H50FN3O4/c1-25(2)45-36(43)35(46-37(5,6)7)33-27(4)41-26(3)32(34(33)42-21-18-38(19-22-42)17-20-40-24-38)29-10-14-31(15-11-29)44-23-16-28-8-12-30(39)13-9-28/h8-15,25,35,40H,16-24H2,1-7H3. The maximum atomic E-state index is 13.8. The summed E-state index contributed by atoms with van der Waals surface area (Å²) in [6, 6.07) is 14.6. The van der Waals surface area contributed by atoms with Crippen molar-refractivity contribution in [1.82, 2.24) is 10.3 Å². The summed E-state index contributed by atoms with van der Waals surface area (Å²) in [4.78, 5) is 21.3. The predicted octanol–water partition coefficient (Wildman–Crippen LogP) is 7.51. The van der Waals surface area contributed by atoms with Gasteiger partial charge in [0.1, 0.15) is 11.6 Å². The number of ether oxygens (including phenoxy) is 3. The second-order valence-electron chi connectivity index (χ2n) is 14.2. The molecule has 5 rings (SSSR count). The van der Waals surface area contributed by atoms with E-state index in [1.807, 2.05) is 60.6 Å². The fourth-order valence-electron chi connectivity index (χ4n) is 6.79. The monoisotopic (exact) mass is 631 g/mol. The Morgan fingerprint density at radius 1 is 1.00 bits per heavy atom. The van der Waals surface area contributed by atoms with Crippen molar-refractivity contribution in [2.45, 2.75) is 92.0 Å². The van der Waals surface area contributed by atoms with Gasteiger partial charge in [-0.1, -0.05) is 24.3 Å². The highest BCUT2D eigenvalue weighted by molar-refractivity contribution is 5.88. The first-order chi connectivity index (χ1) is 21.8. The molecule has 2 saturated heterocycles. The number of anilines is 1. The first kappa shape index (κ1) is 33.9. The van der Waals surface area contributed by atoms with Gasteiger partial charge in [0, 0.05) is 48.6 Å². The summed E-state index contributed by atoms with van der Waals surface area (Å²) in [5, 5.41) is 3.58. The summed E-state index contributed by atoms with van der Waals surface area (Å²) in [5.74, 6) is 0.120. The molecule has 2 aliphatic rings. The van der Waals surface area contributed by atoms with Crippen LogP contribution in [0, 0.1) is 25.1 Å². The van der Waals surface area contributed by atoms with Crippen LogP contribution in [-0.4, -0.2) is 55.4 Å². The molecule has 0 radical (unpaired) electrons. The molecule has 248 valence electrons. The number of pyridine rings is 1. The van der Waals surface area contributed by atoms with Gasteiger partial charge in [0.15, 0.2) is 6.10 Å². The van der Waals surface area contributed by atoms with Gasteiger partial charge in [-0.2, -0.15) is 0 Å². The summed E-state index contributed by atoms with van der Waals surface area (Å²) >= 11 is 0. The third-order valence-electron chi connectivity index (χ3n) is 9.07. The summed E-state index contributed by atoms with van der Waals surface area (Å²) < 4.78 is 31.7. The van der Waals surface area contributed by atoms with E-state index in [9.17, 15) is 9.18 Å². The lowest BCUT2D eigenvalue weighted by Gasteiger charge is -2.42. The number of hydrogen-bond acceptors (Lipinski definition) is 7. The number of halogens is 1. The van der Waals surface area contributed by atoms with Crippen molar-refractivity contribution in [3.8, 4) is 16.9 Å². The van der Waals surface area contributed by atoms with E-state index in [4.69, 9.17) is 19.2 Å². The van der Waals surface area contributed by atoms with Crippen molar-refractivity contribution in [3.63, 3.8) is 0 Å². The van der Waals surface area contributed by atoms with E-state index >= 15 is 0 Å². The van der Waals surface area contributed by atoms with Crippen molar-refractivity contribution in [2.24, 2.45) is 5.41 Å². The van der Waals surface area contributed by atoms with Crippen LogP contribution in [0.25, 0.3) is 11.1 Å². The molecule has 46 heavy (non-hydrogen) atoms. The molecular formula is C38H50FN3O4. The fourth-order valence-corrected chi connectivity index (χ4v) is 6.79. The lowest BCUT2D eigenvalue weighted by Crippen LogP contribution is -2.42. The second-order valence-corrected chi connectivity index (χ2v) is 14.2. The highest BCUT2D eigenvalue weighted by Crippen LogP contribution is 2.46. The van der Waals surface area contributed by atoms with Crippen LogP contribution in [0.2, 0.25) is 0 Å². The molecule has 0 bridgehead atoms. The number of aromatic nitrogens is 1. The van der Waals surface area contributed by atoms with Crippen LogP contribution in [0.5, 0.6) is 5.75 Å². The Hall–Kier alpha value is -3.49. The van der Waals surface area contributed by atoms with Crippen molar-refractivity contribution in [3.05, 3.63) is 76.9 Å². The molecule has 2 fully saturated rings. The van der Waals surface area contributed by atoms with E-state index in [1.165, 1.54) is 18.6 Å². The van der Waals surface area contributed by atoms with Gasteiger partial charge in [-0.15, -0.1) is 0 Å². The maximum absolute atomic E-state index is 13.8. The Morgan fingerprint density at radius 3 is 2.26 bits per heavy atom. The smallest absolute Gasteiger partial charge is 0.340 e. The van der Waals surface area contributed by atoms with Gasteiger partial charge < -0.3 is 24.4 Å². The zero-order chi connectivity index (χ0) is 33.1. The van der Waals surface area contributed by atoms with Crippen molar-refractivity contribution < 1.29 is 23.4 Å². The molecule has 8 heteroatoms. The number of rotatable bonds is 10. The molecule has 1 unspecified atom stereocenters. The van der Waals surface area contributed by atoms with Gasteiger partial charge in [-0.25, -0.2) is 9.18 Å². The average molecular weight is 632 g/mol. The number of aryl methyl sites for hydroxylation is 2. The highest BCUT2D eigenvalue weighted by Gasteiger charge is 2.41. The number of nitrogens with zero attached hydrogens (tertiary/aromatic N) is 2. The molecule has 1 N–H and O–H groups in total. The van der Waals surface area contributed by atoms with Gasteiger partial charge in [0.2, 0.25) is 0 Å². The molecule has 3 heterocycles. The van der Waals surface area contributed by atoms with Crippen molar-refractivity contribution in [1.29, 1.82) is 0 Å². The number of benzene rings is 2. The molecule has 3 aromatic rings. The van der Waals surface area contributed by atoms with Crippen LogP contribution >= 0.6 is 0 Å². The SMILES string of the molecule is Cc1nc(C)c(C(OC(C)(C)C)C(=O)OC(C)C)c(N2CCC3(CCNC3)CC2)c1-c1ccc(OCCc2ccc(F)cc2)cc1. The molecule has 1 aromatic heterocycles. The Kier molecular flexibility index (Phi) is 10.4. The van der Waals surface area contributed by atoms with Gasteiger partial charge in [-0.3, -0.25) is 4.98 Å². The zero-order valence-electron chi connectivity index (χ0n) is 28.5. The van der Waals surface area contributed by atoms with E-state index < -0.39 is 17.7 Å². The first-order valence-electron chi connectivity index (χ1n) is 16.7. The first-order valence-corrected chi connectivity index (χ1v) is 16.7. The number of carbonyl (C=O) groups excluding carboxylic acids is 1. The summed E-state index contributed by atoms with van der Waals surface area (Å²) in [7, 11) is 0. The second kappa shape index (κ2) is 14.1. The molecule has 0 aliphatic carbocycles. The Labute approximate surface area is 273 Å². The minimum atomic E-state index is -0.928. The molecule has 0 amide bonds. The number of piperidine rings is 1. The normalized spacial score (nSPS) is 17.0. The largest absolute Gasteiger partial charge is 0.493 e. The molecule has 2 aliphatic heterocycles. The zero-order valence-corrected chi connectivity index (χ0v) is 28.5. The van der Waals surface area contributed by atoms with Crippen LogP contribution in [0.1, 0.15) is 82.5 Å². The van der Waals surface area contributed by atoms with Crippen LogP contribution in [-0.2, 0) is 20.7 Å². The number of nitrogens with one attached hydrogen (secondary N) is 1.